The molecule has 2 aromatic rings. The largest absolute Gasteiger partial charge is 0.352 e. The molecule has 0 saturated heterocycles. The van der Waals surface area contributed by atoms with E-state index in [9.17, 15) is 4.79 Å². The zero-order valence-electron chi connectivity index (χ0n) is 11.9. The van der Waals surface area contributed by atoms with Gasteiger partial charge in [-0.05, 0) is 38.8 Å². The van der Waals surface area contributed by atoms with Gasteiger partial charge < -0.3 is 9.88 Å². The smallest absolute Gasteiger partial charge is 0.243 e. The fourth-order valence-electron chi connectivity index (χ4n) is 2.46. The maximum Gasteiger partial charge on any atom is 0.243 e. The quantitative estimate of drug-likeness (QED) is 0.868. The lowest BCUT2D eigenvalue weighted by Gasteiger charge is -2.18. The first-order valence-electron chi connectivity index (χ1n) is 7.10. The Labute approximate surface area is 133 Å². The van der Waals surface area contributed by atoms with Gasteiger partial charge >= 0.3 is 0 Å². The number of benzene rings is 1. The number of halogens is 2. The van der Waals surface area contributed by atoms with Crippen molar-refractivity contribution in [3.63, 3.8) is 0 Å². The molecule has 1 aromatic heterocycles. The molecule has 1 fully saturated rings. The summed E-state index contributed by atoms with van der Waals surface area (Å²) in [7, 11) is 0. The van der Waals surface area contributed by atoms with Crippen LogP contribution >= 0.6 is 23.2 Å². The van der Waals surface area contributed by atoms with Crippen molar-refractivity contribution < 1.29 is 4.79 Å². The second-order valence-electron chi connectivity index (χ2n) is 5.52. The normalized spacial score (nSPS) is 17.7. The molecule has 3 rings (SSSR count). The standard InChI is InChI=1S/C15H17Cl2N3O/c1-8(16)14-19-12-5-3-4-11(17)13(12)20(14)9(2)15(21)18-10-6-7-10/h3-5,8-10H,6-7H2,1-2H3,(H,18,21). The van der Waals surface area contributed by atoms with E-state index < -0.39 is 6.04 Å². The van der Waals surface area contributed by atoms with Crippen molar-refractivity contribution in [2.24, 2.45) is 0 Å². The summed E-state index contributed by atoms with van der Waals surface area (Å²) in [5, 5.41) is 3.30. The number of alkyl halides is 1. The zero-order valence-corrected chi connectivity index (χ0v) is 13.4. The van der Waals surface area contributed by atoms with Crippen LogP contribution in [0.15, 0.2) is 18.2 Å². The number of nitrogens with one attached hydrogen (secondary N) is 1. The molecule has 0 radical (unpaired) electrons. The molecule has 21 heavy (non-hydrogen) atoms. The van der Waals surface area contributed by atoms with E-state index in [0.29, 0.717) is 16.9 Å². The van der Waals surface area contributed by atoms with Gasteiger partial charge in [0.15, 0.2) is 0 Å². The van der Waals surface area contributed by atoms with E-state index in [1.807, 2.05) is 30.5 Å². The Morgan fingerprint density at radius 3 is 2.76 bits per heavy atom. The Hall–Kier alpha value is -1.26. The molecule has 6 heteroatoms. The Morgan fingerprint density at radius 2 is 2.14 bits per heavy atom. The number of carbonyl (C=O) groups is 1. The molecule has 1 heterocycles. The number of imidazole rings is 1. The van der Waals surface area contributed by atoms with Crippen LogP contribution in [0.25, 0.3) is 11.0 Å². The monoisotopic (exact) mass is 325 g/mol. The summed E-state index contributed by atoms with van der Waals surface area (Å²) < 4.78 is 1.85. The summed E-state index contributed by atoms with van der Waals surface area (Å²) in [6, 6.07) is 5.45. The van der Waals surface area contributed by atoms with Crippen molar-refractivity contribution in [3.05, 3.63) is 29.0 Å². The molecule has 1 saturated carbocycles. The van der Waals surface area contributed by atoms with Crippen molar-refractivity contribution in [1.29, 1.82) is 0 Å². The molecule has 1 N–H and O–H groups in total. The van der Waals surface area contributed by atoms with Crippen LogP contribution in [0.4, 0.5) is 0 Å². The summed E-state index contributed by atoms with van der Waals surface area (Å²) in [5.41, 5.74) is 1.52. The average Bonchev–Trinajstić information content (AvgIpc) is 3.15. The van der Waals surface area contributed by atoms with Gasteiger partial charge in [0.2, 0.25) is 5.91 Å². The second kappa shape index (κ2) is 5.50. The van der Waals surface area contributed by atoms with Crippen LogP contribution in [0.2, 0.25) is 5.02 Å². The van der Waals surface area contributed by atoms with Gasteiger partial charge in [-0.1, -0.05) is 17.7 Å². The Balaban J connectivity index is 2.09. The summed E-state index contributed by atoms with van der Waals surface area (Å²) >= 11 is 12.6. The number of carbonyl (C=O) groups excluding carboxylic acids is 1. The number of rotatable bonds is 4. The summed E-state index contributed by atoms with van der Waals surface area (Å²) in [4.78, 5) is 16.9. The topological polar surface area (TPSA) is 46.9 Å². The maximum absolute atomic E-state index is 12.4. The number of amides is 1. The van der Waals surface area contributed by atoms with Crippen LogP contribution < -0.4 is 5.32 Å². The maximum atomic E-state index is 12.4. The van der Waals surface area contributed by atoms with E-state index in [1.54, 1.807) is 6.07 Å². The summed E-state index contributed by atoms with van der Waals surface area (Å²) in [5.74, 6) is 0.647. The SMILES string of the molecule is CC(Cl)c1nc2cccc(Cl)c2n1C(C)C(=O)NC1CC1. The van der Waals surface area contributed by atoms with E-state index in [-0.39, 0.29) is 11.3 Å². The first kappa shape index (κ1) is 14.7. The van der Waals surface area contributed by atoms with Crippen LogP contribution in [0.3, 0.4) is 0 Å². The lowest BCUT2D eigenvalue weighted by Crippen LogP contribution is -2.33. The highest BCUT2D eigenvalue weighted by atomic mass is 35.5. The summed E-state index contributed by atoms with van der Waals surface area (Å²) in [6.45, 7) is 3.70. The second-order valence-corrected chi connectivity index (χ2v) is 6.58. The molecule has 1 aliphatic rings. The fraction of sp³-hybridized carbons (Fsp3) is 0.467. The highest BCUT2D eigenvalue weighted by Gasteiger charge is 2.29. The zero-order chi connectivity index (χ0) is 15.1. The van der Waals surface area contributed by atoms with E-state index in [2.05, 4.69) is 10.3 Å². The Morgan fingerprint density at radius 1 is 1.43 bits per heavy atom. The number of para-hydroxylation sites is 1. The van der Waals surface area contributed by atoms with Gasteiger partial charge in [-0.25, -0.2) is 4.98 Å². The molecule has 0 aliphatic heterocycles. The molecule has 0 bridgehead atoms. The lowest BCUT2D eigenvalue weighted by atomic mass is 10.2. The minimum atomic E-state index is -0.397. The van der Waals surface area contributed by atoms with Crippen LogP contribution in [-0.2, 0) is 4.79 Å². The molecule has 112 valence electrons. The molecule has 2 atom stereocenters. The molecular weight excluding hydrogens is 309 g/mol. The molecular formula is C15H17Cl2N3O. The Kier molecular flexibility index (Phi) is 3.84. The number of hydrogen-bond acceptors (Lipinski definition) is 2. The molecule has 1 aromatic carbocycles. The lowest BCUT2D eigenvalue weighted by molar-refractivity contribution is -0.124. The van der Waals surface area contributed by atoms with Crippen LogP contribution in [0.1, 0.15) is 43.9 Å². The predicted molar refractivity (Wildman–Crippen MR) is 84.9 cm³/mol. The van der Waals surface area contributed by atoms with Gasteiger partial charge in [0, 0.05) is 6.04 Å². The van der Waals surface area contributed by atoms with Gasteiger partial charge in [-0.15, -0.1) is 11.6 Å². The van der Waals surface area contributed by atoms with Crippen LogP contribution in [0, 0.1) is 0 Å². The third kappa shape index (κ3) is 2.74. The predicted octanol–water partition coefficient (Wildman–Crippen LogP) is 3.83. The highest BCUT2D eigenvalue weighted by molar-refractivity contribution is 6.35. The molecule has 1 aliphatic carbocycles. The number of nitrogens with zero attached hydrogens (tertiary/aromatic N) is 2. The minimum absolute atomic E-state index is 0.0183. The van der Waals surface area contributed by atoms with Crippen LogP contribution in [-0.4, -0.2) is 21.5 Å². The van der Waals surface area contributed by atoms with Crippen LogP contribution in [0.5, 0.6) is 0 Å². The number of fused-ring (bicyclic) bond motifs is 1. The molecule has 4 nitrogen and oxygen atoms in total. The van der Waals surface area contributed by atoms with E-state index in [0.717, 1.165) is 23.9 Å². The third-order valence-corrected chi connectivity index (χ3v) is 4.23. The van der Waals surface area contributed by atoms with E-state index >= 15 is 0 Å². The molecule has 2 unspecified atom stereocenters. The first-order chi connectivity index (χ1) is 9.99. The average molecular weight is 326 g/mol. The van der Waals surface area contributed by atoms with Crippen molar-refractivity contribution in [2.75, 3.05) is 0 Å². The Bertz CT molecular complexity index is 692. The van der Waals surface area contributed by atoms with Gasteiger partial charge in [-0.2, -0.15) is 0 Å². The fourth-order valence-corrected chi connectivity index (χ4v) is 2.88. The number of hydrogen-bond donors (Lipinski definition) is 1. The van der Waals surface area contributed by atoms with E-state index in [1.165, 1.54) is 0 Å². The summed E-state index contributed by atoms with van der Waals surface area (Å²) in [6.07, 6.45) is 2.12. The van der Waals surface area contributed by atoms with E-state index in [4.69, 9.17) is 23.2 Å². The minimum Gasteiger partial charge on any atom is -0.352 e. The number of aromatic nitrogens is 2. The molecule has 1 amide bonds. The van der Waals surface area contributed by atoms with Crippen molar-refractivity contribution in [1.82, 2.24) is 14.9 Å². The molecule has 0 spiro atoms. The van der Waals surface area contributed by atoms with Gasteiger partial charge in [-0.3, -0.25) is 4.79 Å². The first-order valence-corrected chi connectivity index (χ1v) is 7.91. The van der Waals surface area contributed by atoms with Crippen molar-refractivity contribution in [2.45, 2.75) is 44.1 Å². The van der Waals surface area contributed by atoms with Crippen molar-refractivity contribution in [3.8, 4) is 0 Å². The van der Waals surface area contributed by atoms with Gasteiger partial charge in [0.05, 0.1) is 21.4 Å². The highest BCUT2D eigenvalue weighted by Crippen LogP contribution is 2.32. The third-order valence-electron chi connectivity index (χ3n) is 3.73. The van der Waals surface area contributed by atoms with Gasteiger partial charge in [0.25, 0.3) is 0 Å². The van der Waals surface area contributed by atoms with Gasteiger partial charge in [0.1, 0.15) is 11.9 Å². The van der Waals surface area contributed by atoms with Crippen molar-refractivity contribution >= 4 is 40.1 Å².